The second-order valence-electron chi connectivity index (χ2n) is 6.18. The fraction of sp³-hybridized carbons (Fsp3) is 0.368. The molecule has 0 saturated heterocycles. The quantitative estimate of drug-likeness (QED) is 0.423. The number of aliphatic hydroxyl groups is 1. The Morgan fingerprint density at radius 1 is 1.36 bits per heavy atom. The minimum Gasteiger partial charge on any atom is -0.394 e. The van der Waals surface area contributed by atoms with Gasteiger partial charge in [0.2, 0.25) is 0 Å². The van der Waals surface area contributed by atoms with Crippen LogP contribution in [0, 0.1) is 22.6 Å². The van der Waals surface area contributed by atoms with Gasteiger partial charge in [0.25, 0.3) is 0 Å². The maximum absolute atomic E-state index is 13.4. The molecule has 6 heteroatoms. The molecular weight excluding hydrogens is 319 g/mol. The Bertz CT molecular complexity index is 693. The molecule has 0 radical (unpaired) electrons. The molecule has 1 aliphatic rings. The monoisotopic (exact) mass is 344 g/mol. The molecule has 0 spiro atoms. The summed E-state index contributed by atoms with van der Waals surface area (Å²) in [5, 5.41) is 31.7. The predicted octanol–water partition coefficient (Wildman–Crippen LogP) is 2.71. The normalized spacial score (nSPS) is 15.0. The fourth-order valence-corrected chi connectivity index (χ4v) is 2.54. The van der Waals surface area contributed by atoms with Gasteiger partial charge in [-0.05, 0) is 53.7 Å². The molecular formula is C19H25FN4O. The van der Waals surface area contributed by atoms with E-state index in [2.05, 4.69) is 10.6 Å². The second kappa shape index (κ2) is 9.13. The van der Waals surface area contributed by atoms with Crippen LogP contribution in [-0.4, -0.2) is 30.6 Å². The van der Waals surface area contributed by atoms with Gasteiger partial charge in [-0.25, -0.2) is 4.39 Å². The minimum atomic E-state index is -0.441. The minimum absolute atomic E-state index is 0.202. The molecule has 1 aromatic carbocycles. The molecule has 1 aromatic rings. The molecule has 1 saturated carbocycles. The van der Waals surface area contributed by atoms with E-state index in [1.54, 1.807) is 13.2 Å². The maximum atomic E-state index is 13.4. The second-order valence-corrected chi connectivity index (χ2v) is 6.18. The van der Waals surface area contributed by atoms with Crippen LogP contribution in [0.3, 0.4) is 0 Å². The van der Waals surface area contributed by atoms with Gasteiger partial charge in [-0.15, -0.1) is 0 Å². The molecule has 1 aliphatic carbocycles. The van der Waals surface area contributed by atoms with Crippen molar-refractivity contribution in [2.45, 2.75) is 25.9 Å². The lowest BCUT2D eigenvalue weighted by Gasteiger charge is -2.14. The third-order valence-corrected chi connectivity index (χ3v) is 4.12. The Morgan fingerprint density at radius 2 is 2.12 bits per heavy atom. The van der Waals surface area contributed by atoms with Crippen LogP contribution in [0.25, 0.3) is 0 Å². The van der Waals surface area contributed by atoms with Crippen LogP contribution in [0.2, 0.25) is 0 Å². The molecule has 5 N–H and O–H groups in total. The predicted molar refractivity (Wildman–Crippen MR) is 98.5 cm³/mol. The van der Waals surface area contributed by atoms with Crippen molar-refractivity contribution in [2.75, 3.05) is 13.6 Å². The van der Waals surface area contributed by atoms with Crippen molar-refractivity contribution in [3.05, 3.63) is 58.7 Å². The fourth-order valence-electron chi connectivity index (χ4n) is 2.54. The summed E-state index contributed by atoms with van der Waals surface area (Å²) >= 11 is 0. The van der Waals surface area contributed by atoms with Crippen LogP contribution in [0.1, 0.15) is 30.4 Å². The molecule has 0 amide bonds. The molecule has 2 rings (SSSR count). The van der Waals surface area contributed by atoms with E-state index in [-0.39, 0.29) is 12.3 Å². The van der Waals surface area contributed by atoms with Gasteiger partial charge in [0.15, 0.2) is 0 Å². The summed E-state index contributed by atoms with van der Waals surface area (Å²) in [5.74, 6) is 0.296. The highest BCUT2D eigenvalue weighted by atomic mass is 19.1. The van der Waals surface area contributed by atoms with E-state index in [0.29, 0.717) is 23.1 Å². The summed E-state index contributed by atoms with van der Waals surface area (Å²) in [6.45, 7) is 0.574. The first-order valence-electron chi connectivity index (χ1n) is 8.36. The van der Waals surface area contributed by atoms with Crippen LogP contribution in [-0.2, 0) is 6.61 Å². The van der Waals surface area contributed by atoms with Gasteiger partial charge >= 0.3 is 0 Å². The summed E-state index contributed by atoms with van der Waals surface area (Å²) in [6.07, 6.45) is 7.69. The summed E-state index contributed by atoms with van der Waals surface area (Å²) in [5.41, 5.74) is 2.47. The number of allylic oxidation sites excluding steroid dienone is 2. The highest BCUT2D eigenvalue weighted by molar-refractivity contribution is 6.12. The van der Waals surface area contributed by atoms with Gasteiger partial charge in [-0.1, -0.05) is 0 Å². The third kappa shape index (κ3) is 5.53. The van der Waals surface area contributed by atoms with Gasteiger partial charge < -0.3 is 21.1 Å². The lowest BCUT2D eigenvalue weighted by Crippen LogP contribution is -2.14. The highest BCUT2D eigenvalue weighted by Gasteiger charge is 2.20. The highest BCUT2D eigenvalue weighted by Crippen LogP contribution is 2.27. The first-order chi connectivity index (χ1) is 12.1. The van der Waals surface area contributed by atoms with Gasteiger partial charge in [-0.2, -0.15) is 0 Å². The van der Waals surface area contributed by atoms with Gasteiger partial charge in [0.1, 0.15) is 5.82 Å². The average Bonchev–Trinajstić information content (AvgIpc) is 3.43. The number of rotatable bonds is 10. The first kappa shape index (κ1) is 18.9. The van der Waals surface area contributed by atoms with Crippen LogP contribution in [0.4, 0.5) is 4.39 Å². The van der Waals surface area contributed by atoms with Crippen LogP contribution in [0.15, 0.2) is 41.7 Å². The molecule has 0 heterocycles. The summed E-state index contributed by atoms with van der Waals surface area (Å²) in [6, 6.07) is 4.03. The van der Waals surface area contributed by atoms with Crippen LogP contribution < -0.4 is 10.6 Å². The van der Waals surface area contributed by atoms with E-state index in [0.717, 1.165) is 18.0 Å². The summed E-state index contributed by atoms with van der Waals surface area (Å²) in [7, 11) is 1.74. The Kier molecular flexibility index (Phi) is 6.89. The zero-order valence-electron chi connectivity index (χ0n) is 14.4. The van der Waals surface area contributed by atoms with Crippen LogP contribution in [0.5, 0.6) is 0 Å². The average molecular weight is 344 g/mol. The standard InChI is InChI=1S/C19H25FN4O/c1-23-11-15(6-14(8-21)10-24-9-13-2-3-13)19(22)18-5-4-17(20)7-16(18)12-25/h4-5,7-8,10-11,13,21-25H,2-3,6,9,12H2,1H3/b14-10-,15-11-,21-8?,22-19?. The molecule has 25 heavy (non-hydrogen) atoms. The largest absolute Gasteiger partial charge is 0.394 e. The maximum Gasteiger partial charge on any atom is 0.123 e. The molecule has 0 aromatic heterocycles. The van der Waals surface area contributed by atoms with Crippen molar-refractivity contribution in [1.82, 2.24) is 10.6 Å². The van der Waals surface area contributed by atoms with Gasteiger partial charge in [-0.3, -0.25) is 5.41 Å². The lowest BCUT2D eigenvalue weighted by atomic mass is 9.94. The van der Waals surface area contributed by atoms with Crippen molar-refractivity contribution in [1.29, 1.82) is 10.8 Å². The van der Waals surface area contributed by atoms with Gasteiger partial charge in [0, 0.05) is 44.2 Å². The lowest BCUT2D eigenvalue weighted by molar-refractivity contribution is 0.281. The van der Waals surface area contributed by atoms with Crippen molar-refractivity contribution in [3.8, 4) is 0 Å². The molecule has 0 bridgehead atoms. The first-order valence-corrected chi connectivity index (χ1v) is 8.36. The Hall–Kier alpha value is -2.47. The third-order valence-electron chi connectivity index (χ3n) is 4.12. The Morgan fingerprint density at radius 3 is 2.72 bits per heavy atom. The molecule has 5 nitrogen and oxygen atoms in total. The number of aliphatic hydroxyl groups excluding tert-OH is 1. The van der Waals surface area contributed by atoms with E-state index in [9.17, 15) is 9.50 Å². The zero-order chi connectivity index (χ0) is 18.2. The van der Waals surface area contributed by atoms with E-state index < -0.39 is 5.82 Å². The molecule has 134 valence electrons. The zero-order valence-corrected chi connectivity index (χ0v) is 14.4. The Balaban J connectivity index is 2.17. The topological polar surface area (TPSA) is 92.0 Å². The SMILES string of the molecule is CN/C=C(/C/C(C=N)=C/NCC1CC1)C(=N)c1ccc(F)cc1CO. The van der Waals surface area contributed by atoms with Crippen molar-refractivity contribution >= 4 is 11.9 Å². The number of halogens is 1. The smallest absolute Gasteiger partial charge is 0.123 e. The molecule has 0 atom stereocenters. The van der Waals surface area contributed by atoms with E-state index in [1.807, 2.05) is 6.20 Å². The molecule has 1 fully saturated rings. The summed E-state index contributed by atoms with van der Waals surface area (Å²) in [4.78, 5) is 0. The van der Waals surface area contributed by atoms with Crippen molar-refractivity contribution in [2.24, 2.45) is 5.92 Å². The van der Waals surface area contributed by atoms with Crippen molar-refractivity contribution in [3.63, 3.8) is 0 Å². The van der Waals surface area contributed by atoms with Gasteiger partial charge in [0.05, 0.1) is 12.3 Å². The number of nitrogens with one attached hydrogen (secondary N) is 4. The van der Waals surface area contributed by atoms with E-state index in [1.165, 1.54) is 37.3 Å². The number of hydrogen-bond acceptors (Lipinski definition) is 5. The van der Waals surface area contributed by atoms with E-state index >= 15 is 0 Å². The molecule has 0 unspecified atom stereocenters. The van der Waals surface area contributed by atoms with Crippen LogP contribution >= 0.6 is 0 Å². The number of benzene rings is 1. The molecule has 0 aliphatic heterocycles. The number of hydrogen-bond donors (Lipinski definition) is 5. The van der Waals surface area contributed by atoms with Crippen molar-refractivity contribution < 1.29 is 9.50 Å². The van der Waals surface area contributed by atoms with E-state index in [4.69, 9.17) is 10.8 Å². The Labute approximate surface area is 147 Å². The summed E-state index contributed by atoms with van der Waals surface area (Å²) < 4.78 is 13.4.